The monoisotopic (exact) mass is 419 g/mol. The summed E-state index contributed by atoms with van der Waals surface area (Å²) >= 11 is 0. The zero-order valence-electron chi connectivity index (χ0n) is 18.4. The maximum Gasteiger partial charge on any atom is 0.280 e. The first kappa shape index (κ1) is 23.7. The average molecular weight is 420 g/mol. The fourth-order valence-corrected chi connectivity index (χ4v) is 3.46. The van der Waals surface area contributed by atoms with Gasteiger partial charge in [0, 0.05) is 37.0 Å². The van der Waals surface area contributed by atoms with Crippen LogP contribution in [0.5, 0.6) is 5.75 Å². The third kappa shape index (κ3) is 6.19. The van der Waals surface area contributed by atoms with Crippen LogP contribution >= 0.6 is 0 Å². The lowest BCUT2D eigenvalue weighted by Crippen LogP contribution is -2.70. The van der Waals surface area contributed by atoms with E-state index in [0.717, 1.165) is 5.56 Å². The van der Waals surface area contributed by atoms with E-state index in [1.807, 2.05) is 38.1 Å². The third-order valence-electron chi connectivity index (χ3n) is 5.70. The zero-order valence-corrected chi connectivity index (χ0v) is 18.4. The molecule has 2 atom stereocenters. The molecule has 1 saturated heterocycles. The Morgan fingerprint density at radius 3 is 2.40 bits per heavy atom. The van der Waals surface area contributed by atoms with Crippen molar-refractivity contribution in [1.82, 2.24) is 15.5 Å². The first-order chi connectivity index (χ1) is 14.2. The molecule has 0 aliphatic carbocycles. The molecule has 3 amide bonds. The molecule has 1 heterocycles. The van der Waals surface area contributed by atoms with E-state index in [4.69, 9.17) is 4.74 Å². The molecule has 1 aromatic rings. The SMILES string of the molecule is COc1ccccc1CNC(=O)[C@H](C)NC(=O)C1CCN(C(=O)[C@@H]([NH3+])C(C)C)CC1. The minimum absolute atomic E-state index is 0.0490. The van der Waals surface area contributed by atoms with Crippen LogP contribution in [0.4, 0.5) is 0 Å². The molecule has 0 bridgehead atoms. The van der Waals surface area contributed by atoms with E-state index < -0.39 is 6.04 Å². The molecule has 5 N–H and O–H groups in total. The summed E-state index contributed by atoms with van der Waals surface area (Å²) in [5, 5.41) is 5.63. The summed E-state index contributed by atoms with van der Waals surface area (Å²) in [6.07, 6.45) is 1.19. The van der Waals surface area contributed by atoms with Gasteiger partial charge in [-0.3, -0.25) is 14.4 Å². The number of para-hydroxylation sites is 1. The van der Waals surface area contributed by atoms with Crippen LogP contribution < -0.4 is 21.1 Å². The molecule has 0 aromatic heterocycles. The van der Waals surface area contributed by atoms with E-state index in [1.54, 1.807) is 18.9 Å². The summed E-state index contributed by atoms with van der Waals surface area (Å²) in [5.41, 5.74) is 4.82. The van der Waals surface area contributed by atoms with Crippen LogP contribution in [-0.2, 0) is 20.9 Å². The fraction of sp³-hybridized carbons (Fsp3) is 0.591. The molecule has 30 heavy (non-hydrogen) atoms. The van der Waals surface area contributed by atoms with Crippen molar-refractivity contribution in [3.05, 3.63) is 29.8 Å². The highest BCUT2D eigenvalue weighted by atomic mass is 16.5. The van der Waals surface area contributed by atoms with E-state index >= 15 is 0 Å². The van der Waals surface area contributed by atoms with Crippen LogP contribution in [0.25, 0.3) is 0 Å². The highest BCUT2D eigenvalue weighted by Gasteiger charge is 2.32. The number of carbonyl (C=O) groups excluding carboxylic acids is 3. The summed E-state index contributed by atoms with van der Waals surface area (Å²) in [7, 11) is 1.59. The second kappa shape index (κ2) is 11.0. The number of quaternary nitrogens is 1. The van der Waals surface area contributed by atoms with Crippen LogP contribution in [0.2, 0.25) is 0 Å². The standard InChI is InChI=1S/C22H34N4O4/c1-14(2)19(23)22(29)26-11-9-16(10-12-26)21(28)25-15(3)20(27)24-13-17-7-5-6-8-18(17)30-4/h5-8,14-16,19H,9-13,23H2,1-4H3,(H,24,27)(H,25,28)/p+1/t15-,19-/m0/s1. The molecule has 1 fully saturated rings. The fourth-order valence-electron chi connectivity index (χ4n) is 3.46. The minimum atomic E-state index is -0.642. The molecule has 1 aliphatic heterocycles. The number of nitrogens with zero attached hydrogens (tertiary/aromatic N) is 1. The summed E-state index contributed by atoms with van der Waals surface area (Å²) in [4.78, 5) is 39.2. The first-order valence-corrected chi connectivity index (χ1v) is 10.6. The maximum atomic E-state index is 12.6. The molecule has 166 valence electrons. The van der Waals surface area contributed by atoms with Gasteiger partial charge in [-0.2, -0.15) is 0 Å². The first-order valence-electron chi connectivity index (χ1n) is 10.6. The number of nitrogens with one attached hydrogen (secondary N) is 2. The number of amides is 3. The molecule has 8 nitrogen and oxygen atoms in total. The van der Waals surface area contributed by atoms with Gasteiger partial charge in [-0.05, 0) is 25.8 Å². The number of benzene rings is 1. The Bertz CT molecular complexity index is 744. The normalized spacial score (nSPS) is 16.7. The van der Waals surface area contributed by atoms with Gasteiger partial charge in [0.1, 0.15) is 11.8 Å². The topological polar surface area (TPSA) is 115 Å². The van der Waals surface area contributed by atoms with Gasteiger partial charge in [0.2, 0.25) is 11.8 Å². The van der Waals surface area contributed by atoms with Crippen LogP contribution in [0.1, 0.15) is 39.2 Å². The predicted molar refractivity (Wildman–Crippen MR) is 113 cm³/mol. The predicted octanol–water partition coefficient (Wildman–Crippen LogP) is 0.321. The number of piperidine rings is 1. The van der Waals surface area contributed by atoms with Gasteiger partial charge in [-0.1, -0.05) is 32.0 Å². The number of ether oxygens (including phenoxy) is 1. The summed E-state index contributed by atoms with van der Waals surface area (Å²) in [6, 6.07) is 6.56. The molecule has 2 rings (SSSR count). The minimum Gasteiger partial charge on any atom is -0.496 e. The highest BCUT2D eigenvalue weighted by Crippen LogP contribution is 2.19. The Balaban J connectivity index is 1.79. The number of rotatable bonds is 8. The third-order valence-corrected chi connectivity index (χ3v) is 5.70. The number of carbonyl (C=O) groups is 3. The van der Waals surface area contributed by atoms with E-state index in [2.05, 4.69) is 16.4 Å². The number of hydrogen-bond donors (Lipinski definition) is 3. The van der Waals surface area contributed by atoms with E-state index in [-0.39, 0.29) is 35.6 Å². The van der Waals surface area contributed by atoms with Crippen LogP contribution in [0.3, 0.4) is 0 Å². The van der Waals surface area contributed by atoms with Crippen molar-refractivity contribution in [3.63, 3.8) is 0 Å². The van der Waals surface area contributed by atoms with Gasteiger partial charge in [0.25, 0.3) is 5.91 Å². The molecule has 8 heteroatoms. The van der Waals surface area contributed by atoms with Crippen molar-refractivity contribution < 1.29 is 24.9 Å². The van der Waals surface area contributed by atoms with Gasteiger partial charge in [-0.25, -0.2) is 0 Å². The lowest BCUT2D eigenvalue weighted by atomic mass is 9.94. The zero-order chi connectivity index (χ0) is 22.3. The Labute approximate surface area is 178 Å². The number of hydrogen-bond acceptors (Lipinski definition) is 4. The van der Waals surface area contributed by atoms with Crippen molar-refractivity contribution in [1.29, 1.82) is 0 Å². The highest BCUT2D eigenvalue weighted by molar-refractivity contribution is 5.88. The Kier molecular flexibility index (Phi) is 8.65. The summed E-state index contributed by atoms with van der Waals surface area (Å²) < 4.78 is 5.28. The second-order valence-electron chi connectivity index (χ2n) is 8.21. The van der Waals surface area contributed by atoms with E-state index in [0.29, 0.717) is 38.2 Å². The Morgan fingerprint density at radius 1 is 1.17 bits per heavy atom. The van der Waals surface area contributed by atoms with Gasteiger partial charge in [-0.15, -0.1) is 0 Å². The Morgan fingerprint density at radius 2 is 1.80 bits per heavy atom. The Hall–Kier alpha value is -2.61. The molecular formula is C22H35N4O4+. The molecule has 0 radical (unpaired) electrons. The van der Waals surface area contributed by atoms with Crippen molar-refractivity contribution in [2.45, 2.75) is 52.2 Å². The molecule has 1 aliphatic rings. The van der Waals surface area contributed by atoms with Gasteiger partial charge in [0.05, 0.1) is 7.11 Å². The lowest BCUT2D eigenvalue weighted by molar-refractivity contribution is -0.416. The van der Waals surface area contributed by atoms with Crippen LogP contribution in [0.15, 0.2) is 24.3 Å². The van der Waals surface area contributed by atoms with Crippen LogP contribution in [0, 0.1) is 11.8 Å². The van der Waals surface area contributed by atoms with E-state index in [9.17, 15) is 14.4 Å². The number of likely N-dealkylation sites (tertiary alicyclic amines) is 1. The van der Waals surface area contributed by atoms with Crippen molar-refractivity contribution in [2.24, 2.45) is 11.8 Å². The maximum absolute atomic E-state index is 12.6. The average Bonchev–Trinajstić information content (AvgIpc) is 2.76. The molecule has 1 aromatic carbocycles. The van der Waals surface area contributed by atoms with Crippen molar-refractivity contribution >= 4 is 17.7 Å². The van der Waals surface area contributed by atoms with Crippen molar-refractivity contribution in [3.8, 4) is 5.75 Å². The van der Waals surface area contributed by atoms with Gasteiger partial charge >= 0.3 is 0 Å². The largest absolute Gasteiger partial charge is 0.496 e. The van der Waals surface area contributed by atoms with Gasteiger partial charge in [0.15, 0.2) is 6.04 Å². The second-order valence-corrected chi connectivity index (χ2v) is 8.21. The molecular weight excluding hydrogens is 384 g/mol. The summed E-state index contributed by atoms with van der Waals surface area (Å²) in [6.45, 7) is 7.05. The molecule has 0 unspecified atom stereocenters. The van der Waals surface area contributed by atoms with Gasteiger partial charge < -0.3 is 26.0 Å². The quantitative estimate of drug-likeness (QED) is 0.563. The summed E-state index contributed by atoms with van der Waals surface area (Å²) in [5.74, 6) is 0.357. The molecule has 0 saturated carbocycles. The van der Waals surface area contributed by atoms with Crippen LogP contribution in [-0.4, -0.2) is 54.9 Å². The van der Waals surface area contributed by atoms with Crippen molar-refractivity contribution in [2.75, 3.05) is 20.2 Å². The lowest BCUT2D eigenvalue weighted by Gasteiger charge is -2.33. The van der Waals surface area contributed by atoms with E-state index in [1.165, 1.54) is 0 Å². The smallest absolute Gasteiger partial charge is 0.280 e. The molecule has 0 spiro atoms. The number of methoxy groups -OCH3 is 1.